The SMILES string of the molecule is CC1C[C@@]2(CCN1C(=O)OCc1ccccc1)C(O)CS(=O)(=O)N2c1cccc(F)c1. The zero-order valence-corrected chi connectivity index (χ0v) is 18.0. The maximum atomic E-state index is 13.8. The molecule has 2 saturated heterocycles. The Bertz CT molecular complexity index is 1060. The lowest BCUT2D eigenvalue weighted by molar-refractivity contribution is 0.0243. The standard InChI is InChI=1S/C22H25FN2O5S/c1-16-13-22(10-11-24(16)21(27)30-14-17-6-3-2-4-7-17)20(26)15-31(28,29)25(22)19-9-5-8-18(23)12-19/h2-9,12,16,20,26H,10-11,13-15H2,1H3/t16?,20?,22-/m0/s1. The Labute approximate surface area is 181 Å². The number of amides is 1. The average Bonchev–Trinajstić information content (AvgIpc) is 2.91. The zero-order valence-electron chi connectivity index (χ0n) is 17.1. The number of aliphatic hydroxyl groups excluding tert-OH is 1. The molecule has 3 atom stereocenters. The summed E-state index contributed by atoms with van der Waals surface area (Å²) in [6.45, 7) is 2.15. The molecule has 1 amide bonds. The van der Waals surface area contributed by atoms with E-state index in [4.69, 9.17) is 4.74 Å². The molecule has 2 aromatic rings. The van der Waals surface area contributed by atoms with E-state index in [2.05, 4.69) is 0 Å². The molecule has 7 nitrogen and oxygen atoms in total. The second kappa shape index (κ2) is 8.12. The summed E-state index contributed by atoms with van der Waals surface area (Å²) >= 11 is 0. The first-order chi connectivity index (χ1) is 14.7. The van der Waals surface area contributed by atoms with Crippen molar-refractivity contribution in [1.82, 2.24) is 4.90 Å². The highest BCUT2D eigenvalue weighted by atomic mass is 32.2. The van der Waals surface area contributed by atoms with Crippen LogP contribution in [0.5, 0.6) is 0 Å². The first-order valence-electron chi connectivity index (χ1n) is 10.2. The third-order valence-corrected chi connectivity index (χ3v) is 7.99. The molecule has 9 heteroatoms. The molecule has 2 heterocycles. The van der Waals surface area contributed by atoms with Gasteiger partial charge in [-0.25, -0.2) is 17.6 Å². The summed E-state index contributed by atoms with van der Waals surface area (Å²) in [7, 11) is -3.84. The molecule has 2 aliphatic heterocycles. The Morgan fingerprint density at radius 1 is 1.23 bits per heavy atom. The molecule has 2 fully saturated rings. The summed E-state index contributed by atoms with van der Waals surface area (Å²) in [6.07, 6.45) is -1.21. The molecule has 1 N–H and O–H groups in total. The van der Waals surface area contributed by atoms with Gasteiger partial charge in [0.1, 0.15) is 12.4 Å². The summed E-state index contributed by atoms with van der Waals surface area (Å²) in [5.74, 6) is -0.992. The van der Waals surface area contributed by atoms with Crippen molar-refractivity contribution in [2.75, 3.05) is 16.6 Å². The van der Waals surface area contributed by atoms with Crippen LogP contribution in [0.15, 0.2) is 54.6 Å². The lowest BCUT2D eigenvalue weighted by atomic mass is 9.79. The Morgan fingerprint density at radius 2 is 1.97 bits per heavy atom. The van der Waals surface area contributed by atoms with Crippen LogP contribution >= 0.6 is 0 Å². The van der Waals surface area contributed by atoms with Gasteiger partial charge in [0, 0.05) is 12.6 Å². The van der Waals surface area contributed by atoms with E-state index in [1.54, 1.807) is 11.8 Å². The third kappa shape index (κ3) is 3.99. The first-order valence-corrected chi connectivity index (χ1v) is 11.8. The fourth-order valence-corrected chi connectivity index (χ4v) is 6.82. The van der Waals surface area contributed by atoms with E-state index in [-0.39, 0.29) is 37.7 Å². The predicted octanol–water partition coefficient (Wildman–Crippen LogP) is 2.90. The first kappa shape index (κ1) is 21.6. The fraction of sp³-hybridized carbons (Fsp3) is 0.409. The number of aliphatic hydroxyl groups is 1. The van der Waals surface area contributed by atoms with Crippen LogP contribution in [0, 0.1) is 5.82 Å². The number of halogens is 1. The second-order valence-corrected chi connectivity index (χ2v) is 10.0. The van der Waals surface area contributed by atoms with Gasteiger partial charge in [-0.05, 0) is 43.5 Å². The van der Waals surface area contributed by atoms with Crippen LogP contribution in [-0.4, -0.2) is 54.5 Å². The van der Waals surface area contributed by atoms with E-state index in [0.29, 0.717) is 0 Å². The highest BCUT2D eigenvalue weighted by Gasteiger charge is 2.59. The number of likely N-dealkylation sites (tertiary alicyclic amines) is 1. The highest BCUT2D eigenvalue weighted by Crippen LogP contribution is 2.45. The van der Waals surface area contributed by atoms with Gasteiger partial charge in [-0.2, -0.15) is 0 Å². The molecule has 2 aliphatic rings. The number of rotatable bonds is 3. The number of sulfonamides is 1. The number of carbonyl (C=O) groups excluding carboxylic acids is 1. The molecule has 4 rings (SSSR count). The predicted molar refractivity (Wildman–Crippen MR) is 113 cm³/mol. The van der Waals surface area contributed by atoms with E-state index >= 15 is 0 Å². The molecule has 0 radical (unpaired) electrons. The van der Waals surface area contributed by atoms with Crippen LogP contribution in [0.25, 0.3) is 0 Å². The summed E-state index contributed by atoms with van der Waals surface area (Å²) in [5, 5.41) is 10.8. The Balaban J connectivity index is 1.54. The molecular weight excluding hydrogens is 423 g/mol. The van der Waals surface area contributed by atoms with Crippen molar-refractivity contribution < 1.29 is 27.4 Å². The number of hydrogen-bond acceptors (Lipinski definition) is 5. The van der Waals surface area contributed by atoms with Gasteiger partial charge in [0.15, 0.2) is 0 Å². The summed E-state index contributed by atoms with van der Waals surface area (Å²) < 4.78 is 46.2. The summed E-state index contributed by atoms with van der Waals surface area (Å²) in [6, 6.07) is 14.3. The topological polar surface area (TPSA) is 87.1 Å². The number of piperidine rings is 1. The molecule has 0 aliphatic carbocycles. The molecule has 0 bridgehead atoms. The van der Waals surface area contributed by atoms with Crippen LogP contribution in [0.4, 0.5) is 14.9 Å². The molecule has 1 spiro atoms. The minimum absolute atomic E-state index is 0.139. The molecule has 0 saturated carbocycles. The van der Waals surface area contributed by atoms with Gasteiger partial charge in [0.2, 0.25) is 10.0 Å². The van der Waals surface area contributed by atoms with E-state index in [0.717, 1.165) is 15.9 Å². The molecule has 2 unspecified atom stereocenters. The number of hydrogen-bond donors (Lipinski definition) is 1. The highest BCUT2D eigenvalue weighted by molar-refractivity contribution is 7.93. The maximum absolute atomic E-state index is 13.8. The Kier molecular flexibility index (Phi) is 5.65. The lowest BCUT2D eigenvalue weighted by Gasteiger charge is -2.48. The van der Waals surface area contributed by atoms with Crippen molar-refractivity contribution in [3.63, 3.8) is 0 Å². The van der Waals surface area contributed by atoms with Crippen molar-refractivity contribution >= 4 is 21.8 Å². The van der Waals surface area contributed by atoms with Crippen LogP contribution in [0.2, 0.25) is 0 Å². The number of benzene rings is 2. The van der Waals surface area contributed by atoms with Crippen LogP contribution in [-0.2, 0) is 21.4 Å². The average molecular weight is 449 g/mol. The number of ether oxygens (including phenoxy) is 1. The summed E-state index contributed by atoms with van der Waals surface area (Å²) in [5.41, 5.74) is -0.0853. The van der Waals surface area contributed by atoms with E-state index in [9.17, 15) is 22.7 Å². The smallest absolute Gasteiger partial charge is 0.410 e. The lowest BCUT2D eigenvalue weighted by Crippen LogP contribution is -2.61. The van der Waals surface area contributed by atoms with E-state index in [1.807, 2.05) is 30.3 Å². The van der Waals surface area contributed by atoms with Crippen molar-refractivity contribution in [1.29, 1.82) is 0 Å². The zero-order chi connectivity index (χ0) is 22.2. The van der Waals surface area contributed by atoms with Gasteiger partial charge in [0.05, 0.1) is 23.1 Å². The van der Waals surface area contributed by atoms with Gasteiger partial charge in [0.25, 0.3) is 0 Å². The van der Waals surface area contributed by atoms with Gasteiger partial charge in [-0.1, -0.05) is 36.4 Å². The van der Waals surface area contributed by atoms with Crippen LogP contribution < -0.4 is 4.31 Å². The van der Waals surface area contributed by atoms with Gasteiger partial charge >= 0.3 is 6.09 Å². The second-order valence-electron chi connectivity index (χ2n) is 8.18. The minimum Gasteiger partial charge on any atom is -0.445 e. The molecule has 166 valence electrons. The number of carbonyl (C=O) groups is 1. The van der Waals surface area contributed by atoms with E-state index in [1.165, 1.54) is 18.2 Å². The number of anilines is 1. The van der Waals surface area contributed by atoms with Crippen LogP contribution in [0.1, 0.15) is 25.3 Å². The largest absolute Gasteiger partial charge is 0.445 e. The van der Waals surface area contributed by atoms with Crippen molar-refractivity contribution in [2.45, 2.75) is 44.1 Å². The fourth-order valence-electron chi connectivity index (χ4n) is 4.68. The molecule has 31 heavy (non-hydrogen) atoms. The Hall–Kier alpha value is -2.65. The van der Waals surface area contributed by atoms with Crippen molar-refractivity contribution in [3.05, 3.63) is 66.0 Å². The molecule has 0 aromatic heterocycles. The van der Waals surface area contributed by atoms with Gasteiger partial charge in [-0.15, -0.1) is 0 Å². The minimum atomic E-state index is -3.84. The van der Waals surface area contributed by atoms with Gasteiger partial charge in [-0.3, -0.25) is 4.31 Å². The summed E-state index contributed by atoms with van der Waals surface area (Å²) in [4.78, 5) is 14.2. The monoisotopic (exact) mass is 448 g/mol. The quantitative estimate of drug-likeness (QED) is 0.780. The van der Waals surface area contributed by atoms with Gasteiger partial charge < -0.3 is 14.7 Å². The van der Waals surface area contributed by atoms with Crippen LogP contribution in [0.3, 0.4) is 0 Å². The Morgan fingerprint density at radius 3 is 2.65 bits per heavy atom. The third-order valence-electron chi connectivity index (χ3n) is 6.12. The van der Waals surface area contributed by atoms with Crippen molar-refractivity contribution in [3.8, 4) is 0 Å². The van der Waals surface area contributed by atoms with Crippen molar-refractivity contribution in [2.24, 2.45) is 0 Å². The molecule has 2 aromatic carbocycles. The maximum Gasteiger partial charge on any atom is 0.410 e. The normalized spacial score (nSPS) is 27.5. The van der Waals surface area contributed by atoms with E-state index < -0.39 is 39.3 Å². The molecular formula is C22H25FN2O5S. The number of nitrogens with zero attached hydrogens (tertiary/aromatic N) is 2.